The zero-order valence-corrected chi connectivity index (χ0v) is 15.7. The van der Waals surface area contributed by atoms with E-state index in [1.165, 1.54) is 0 Å². The summed E-state index contributed by atoms with van der Waals surface area (Å²) in [5.41, 5.74) is 1.95. The Morgan fingerprint density at radius 2 is 1.85 bits per heavy atom. The summed E-state index contributed by atoms with van der Waals surface area (Å²) >= 11 is 0. The van der Waals surface area contributed by atoms with Crippen LogP contribution in [0.5, 0.6) is 17.2 Å². The Hall–Kier alpha value is -2.95. The molecule has 2 aromatic rings. The van der Waals surface area contributed by atoms with Gasteiger partial charge in [0.25, 0.3) is 0 Å². The Morgan fingerprint density at radius 1 is 1.11 bits per heavy atom. The van der Waals surface area contributed by atoms with Gasteiger partial charge >= 0.3 is 0 Å². The third kappa shape index (κ3) is 5.03. The maximum atomic E-state index is 12.3. The van der Waals surface area contributed by atoms with Crippen molar-refractivity contribution in [1.29, 1.82) is 0 Å². The molecule has 3 rings (SSSR count). The third-order valence-corrected chi connectivity index (χ3v) is 4.31. The van der Waals surface area contributed by atoms with Gasteiger partial charge < -0.3 is 19.5 Å². The quantitative estimate of drug-likeness (QED) is 0.748. The van der Waals surface area contributed by atoms with Gasteiger partial charge in [-0.2, -0.15) is 0 Å². The molecular weight excluding hydrogens is 342 g/mol. The molecular formula is C22H25NO4. The molecule has 1 N–H and O–H groups in total. The number of carbonyl (C=O) groups is 1. The van der Waals surface area contributed by atoms with E-state index in [0.717, 1.165) is 34.8 Å². The summed E-state index contributed by atoms with van der Waals surface area (Å²) in [6.45, 7) is 5.73. The molecule has 0 aromatic heterocycles. The molecule has 1 atom stereocenters. The van der Waals surface area contributed by atoms with Gasteiger partial charge in [-0.05, 0) is 54.8 Å². The van der Waals surface area contributed by atoms with Gasteiger partial charge in [0.15, 0.2) is 11.5 Å². The van der Waals surface area contributed by atoms with Gasteiger partial charge in [0.1, 0.15) is 19.0 Å². The molecule has 0 radical (unpaired) electrons. The van der Waals surface area contributed by atoms with Crippen molar-refractivity contribution in [2.45, 2.75) is 26.3 Å². The predicted octanol–water partition coefficient (Wildman–Crippen LogP) is 4.14. The smallest absolute Gasteiger partial charge is 0.244 e. The van der Waals surface area contributed by atoms with Crippen LogP contribution in [0.25, 0.3) is 6.08 Å². The van der Waals surface area contributed by atoms with Crippen LogP contribution in [-0.4, -0.2) is 25.7 Å². The standard InChI is InChI=1S/C22H25NO4/c1-3-19(17-8-11-20-21(15-17)27-14-13-26-20)23-22(24)12-7-16-5-9-18(10-6-16)25-4-2/h5-12,15,19H,3-4,13-14H2,1-2H3,(H,23,24)/b12-7+. The third-order valence-electron chi connectivity index (χ3n) is 4.31. The first-order valence-corrected chi connectivity index (χ1v) is 9.30. The Balaban J connectivity index is 1.62. The molecule has 1 aliphatic rings. The normalized spacial score (nSPS) is 14.0. The van der Waals surface area contributed by atoms with Gasteiger partial charge in [0, 0.05) is 6.08 Å². The van der Waals surface area contributed by atoms with E-state index in [1.54, 1.807) is 12.2 Å². The van der Waals surface area contributed by atoms with E-state index >= 15 is 0 Å². The summed E-state index contributed by atoms with van der Waals surface area (Å²) < 4.78 is 16.6. The van der Waals surface area contributed by atoms with E-state index in [1.807, 2.05) is 56.3 Å². The SMILES string of the molecule is CCOc1ccc(/C=C/C(=O)NC(CC)c2ccc3c(c2)OCCO3)cc1. The minimum atomic E-state index is -0.134. The van der Waals surface area contributed by atoms with Crippen molar-refractivity contribution in [1.82, 2.24) is 5.32 Å². The van der Waals surface area contributed by atoms with E-state index in [2.05, 4.69) is 5.32 Å². The highest BCUT2D eigenvalue weighted by atomic mass is 16.6. The summed E-state index contributed by atoms with van der Waals surface area (Å²) in [6.07, 6.45) is 4.13. The maximum absolute atomic E-state index is 12.3. The van der Waals surface area contributed by atoms with Crippen molar-refractivity contribution >= 4 is 12.0 Å². The molecule has 5 nitrogen and oxygen atoms in total. The van der Waals surface area contributed by atoms with Gasteiger partial charge in [0.05, 0.1) is 12.6 Å². The summed E-state index contributed by atoms with van der Waals surface area (Å²) in [7, 11) is 0. The zero-order valence-electron chi connectivity index (χ0n) is 15.7. The molecule has 0 aliphatic carbocycles. The molecule has 2 aromatic carbocycles. The summed E-state index contributed by atoms with van der Waals surface area (Å²) in [4.78, 5) is 12.3. The fourth-order valence-electron chi connectivity index (χ4n) is 2.93. The van der Waals surface area contributed by atoms with Crippen LogP contribution in [0, 0.1) is 0 Å². The fourth-order valence-corrected chi connectivity index (χ4v) is 2.93. The van der Waals surface area contributed by atoms with Crippen LogP contribution in [0.3, 0.4) is 0 Å². The fraction of sp³-hybridized carbons (Fsp3) is 0.318. The number of benzene rings is 2. The number of amides is 1. The molecule has 1 unspecified atom stereocenters. The van der Waals surface area contributed by atoms with E-state index in [-0.39, 0.29) is 11.9 Å². The molecule has 5 heteroatoms. The van der Waals surface area contributed by atoms with Gasteiger partial charge in [-0.25, -0.2) is 0 Å². The van der Waals surface area contributed by atoms with Crippen LogP contribution in [0.15, 0.2) is 48.5 Å². The monoisotopic (exact) mass is 367 g/mol. The second-order valence-electron chi connectivity index (χ2n) is 6.21. The number of hydrogen-bond donors (Lipinski definition) is 1. The number of nitrogens with one attached hydrogen (secondary N) is 1. The molecule has 0 saturated carbocycles. The Bertz CT molecular complexity index is 798. The summed E-state index contributed by atoms with van der Waals surface area (Å²) in [6, 6.07) is 13.4. The van der Waals surface area contributed by atoms with E-state index in [0.29, 0.717) is 19.8 Å². The number of hydrogen-bond acceptors (Lipinski definition) is 4. The lowest BCUT2D eigenvalue weighted by molar-refractivity contribution is -0.117. The van der Waals surface area contributed by atoms with Crippen molar-refractivity contribution in [2.24, 2.45) is 0 Å². The molecule has 0 fully saturated rings. The van der Waals surface area contributed by atoms with E-state index in [9.17, 15) is 4.79 Å². The van der Waals surface area contributed by atoms with Crippen LogP contribution in [0.2, 0.25) is 0 Å². The average molecular weight is 367 g/mol. The lowest BCUT2D eigenvalue weighted by Crippen LogP contribution is -2.26. The minimum absolute atomic E-state index is 0.0849. The first-order chi connectivity index (χ1) is 13.2. The van der Waals surface area contributed by atoms with E-state index in [4.69, 9.17) is 14.2 Å². The second-order valence-corrected chi connectivity index (χ2v) is 6.21. The Morgan fingerprint density at radius 3 is 2.56 bits per heavy atom. The van der Waals surface area contributed by atoms with Crippen molar-refractivity contribution in [3.8, 4) is 17.2 Å². The highest BCUT2D eigenvalue weighted by Crippen LogP contribution is 2.33. The van der Waals surface area contributed by atoms with Gasteiger partial charge in [-0.3, -0.25) is 4.79 Å². The summed E-state index contributed by atoms with van der Waals surface area (Å²) in [5, 5.41) is 3.04. The minimum Gasteiger partial charge on any atom is -0.494 e. The molecule has 0 spiro atoms. The molecule has 1 heterocycles. The number of rotatable bonds is 7. The maximum Gasteiger partial charge on any atom is 0.244 e. The lowest BCUT2D eigenvalue weighted by Gasteiger charge is -2.22. The highest BCUT2D eigenvalue weighted by Gasteiger charge is 2.16. The van der Waals surface area contributed by atoms with Gasteiger partial charge in [-0.1, -0.05) is 25.1 Å². The van der Waals surface area contributed by atoms with Crippen LogP contribution in [-0.2, 0) is 4.79 Å². The largest absolute Gasteiger partial charge is 0.494 e. The number of fused-ring (bicyclic) bond motifs is 1. The topological polar surface area (TPSA) is 56.8 Å². The van der Waals surface area contributed by atoms with Crippen LogP contribution >= 0.6 is 0 Å². The Kier molecular flexibility index (Phi) is 6.36. The van der Waals surface area contributed by atoms with Crippen molar-refractivity contribution < 1.29 is 19.0 Å². The van der Waals surface area contributed by atoms with Gasteiger partial charge in [0.2, 0.25) is 5.91 Å². The average Bonchev–Trinajstić information content (AvgIpc) is 2.71. The second kappa shape index (κ2) is 9.12. The number of ether oxygens (including phenoxy) is 3. The Labute approximate surface area is 159 Å². The highest BCUT2D eigenvalue weighted by molar-refractivity contribution is 5.92. The molecule has 142 valence electrons. The first-order valence-electron chi connectivity index (χ1n) is 9.30. The molecule has 0 saturated heterocycles. The van der Waals surface area contributed by atoms with Crippen LogP contribution < -0.4 is 19.5 Å². The number of carbonyl (C=O) groups excluding carboxylic acids is 1. The molecule has 1 aliphatic heterocycles. The van der Waals surface area contributed by atoms with Gasteiger partial charge in [-0.15, -0.1) is 0 Å². The van der Waals surface area contributed by atoms with E-state index < -0.39 is 0 Å². The molecule has 27 heavy (non-hydrogen) atoms. The molecule has 1 amide bonds. The van der Waals surface area contributed by atoms with Crippen LogP contribution in [0.4, 0.5) is 0 Å². The molecule has 0 bridgehead atoms. The lowest BCUT2D eigenvalue weighted by atomic mass is 10.0. The predicted molar refractivity (Wildman–Crippen MR) is 105 cm³/mol. The van der Waals surface area contributed by atoms with Crippen molar-refractivity contribution in [3.05, 3.63) is 59.7 Å². The van der Waals surface area contributed by atoms with Crippen molar-refractivity contribution in [3.63, 3.8) is 0 Å². The summed E-state index contributed by atoms with van der Waals surface area (Å²) in [5.74, 6) is 2.17. The van der Waals surface area contributed by atoms with Crippen LogP contribution in [0.1, 0.15) is 37.4 Å². The zero-order chi connectivity index (χ0) is 19.1. The van der Waals surface area contributed by atoms with Crippen molar-refractivity contribution in [2.75, 3.05) is 19.8 Å². The first kappa shape index (κ1) is 18.8.